The molecule has 1 aromatic heterocycles. The smallest absolute Gasteiger partial charge is 0.324 e. The molecule has 0 bridgehead atoms. The first-order valence-corrected chi connectivity index (χ1v) is 9.66. The minimum atomic E-state index is -0.433. The normalized spacial score (nSPS) is 28.2. The summed E-state index contributed by atoms with van der Waals surface area (Å²) >= 11 is 0. The molecule has 1 saturated heterocycles. The lowest BCUT2D eigenvalue weighted by Crippen LogP contribution is -2.50. The van der Waals surface area contributed by atoms with Gasteiger partial charge in [-0.2, -0.15) is 0 Å². The van der Waals surface area contributed by atoms with Crippen LogP contribution in [0.3, 0.4) is 0 Å². The van der Waals surface area contributed by atoms with Crippen molar-refractivity contribution in [3.8, 4) is 0 Å². The van der Waals surface area contributed by atoms with Crippen LogP contribution in [0.4, 0.5) is 0 Å². The molecule has 0 aromatic carbocycles. The molecule has 1 aromatic rings. The number of rotatable bonds is 5. The summed E-state index contributed by atoms with van der Waals surface area (Å²) in [5.74, 6) is 1.44. The lowest BCUT2D eigenvalue weighted by Gasteiger charge is -2.36. The highest BCUT2D eigenvalue weighted by Crippen LogP contribution is 2.53. The van der Waals surface area contributed by atoms with Crippen molar-refractivity contribution in [2.24, 2.45) is 11.8 Å². The Morgan fingerprint density at radius 3 is 2.72 bits per heavy atom. The van der Waals surface area contributed by atoms with Gasteiger partial charge in [0.15, 0.2) is 0 Å². The highest BCUT2D eigenvalue weighted by Gasteiger charge is 2.50. The van der Waals surface area contributed by atoms with Crippen molar-refractivity contribution < 1.29 is 9.53 Å². The van der Waals surface area contributed by atoms with Gasteiger partial charge in [-0.1, -0.05) is 19.9 Å². The number of pyridine rings is 1. The molecule has 1 aliphatic heterocycles. The van der Waals surface area contributed by atoms with Gasteiger partial charge >= 0.3 is 5.97 Å². The molecule has 3 rings (SSSR count). The van der Waals surface area contributed by atoms with E-state index in [1.54, 1.807) is 0 Å². The Hall–Kier alpha value is -1.42. The molecule has 0 amide bonds. The third-order valence-electron chi connectivity index (χ3n) is 5.43. The highest BCUT2D eigenvalue weighted by atomic mass is 16.6. The van der Waals surface area contributed by atoms with Crippen LogP contribution < -0.4 is 0 Å². The summed E-state index contributed by atoms with van der Waals surface area (Å²) in [6.07, 6.45) is 7.41. The molecular weight excluding hydrogens is 312 g/mol. The largest absolute Gasteiger partial charge is 0.459 e. The van der Waals surface area contributed by atoms with Crippen LogP contribution >= 0.6 is 0 Å². The Morgan fingerprint density at radius 2 is 2.12 bits per heavy atom. The summed E-state index contributed by atoms with van der Waals surface area (Å²) < 4.78 is 5.74. The monoisotopic (exact) mass is 344 g/mol. The Kier molecular flexibility index (Phi) is 5.19. The Balaban J connectivity index is 1.72. The fourth-order valence-corrected chi connectivity index (χ4v) is 4.39. The molecule has 2 heterocycles. The molecule has 138 valence electrons. The molecule has 1 saturated carbocycles. The predicted molar refractivity (Wildman–Crippen MR) is 99.3 cm³/mol. The number of likely N-dealkylation sites (tertiary alicyclic amines) is 1. The fourth-order valence-electron chi connectivity index (χ4n) is 4.39. The van der Waals surface area contributed by atoms with Gasteiger partial charge in [0.05, 0.1) is 0 Å². The van der Waals surface area contributed by atoms with Crippen molar-refractivity contribution in [2.75, 3.05) is 6.54 Å². The lowest BCUT2D eigenvalue weighted by molar-refractivity contribution is -0.164. The van der Waals surface area contributed by atoms with E-state index in [0.717, 1.165) is 6.54 Å². The zero-order valence-corrected chi connectivity index (χ0v) is 16.2. The molecule has 0 radical (unpaired) electrons. The second-order valence-electron chi connectivity index (χ2n) is 8.96. The summed E-state index contributed by atoms with van der Waals surface area (Å²) in [6.45, 7) is 11.1. The molecule has 0 spiro atoms. The standard InChI is InChI=1S/C21H32N2O2/c1-14(2)19(20(24)25-21(3,4)5)23-11-7-9-18(23)17-12-16(17)15-8-6-10-22-13-15/h6,8,10,13-14,16-19H,7,9,11-12H2,1-5H3/t16-,17+,18-,19-/m0/s1. The molecular formula is C21H32N2O2. The third kappa shape index (κ3) is 4.22. The summed E-state index contributed by atoms with van der Waals surface area (Å²) in [4.78, 5) is 19.6. The van der Waals surface area contributed by atoms with Crippen molar-refractivity contribution >= 4 is 5.97 Å². The van der Waals surface area contributed by atoms with Gasteiger partial charge in [-0.3, -0.25) is 14.7 Å². The topological polar surface area (TPSA) is 42.4 Å². The number of ether oxygens (including phenoxy) is 1. The number of carbonyl (C=O) groups excluding carboxylic acids is 1. The Labute approximate surface area is 152 Å². The summed E-state index contributed by atoms with van der Waals surface area (Å²) in [6, 6.07) is 4.56. The number of aromatic nitrogens is 1. The summed E-state index contributed by atoms with van der Waals surface area (Å²) in [5.41, 5.74) is 0.912. The third-order valence-corrected chi connectivity index (χ3v) is 5.43. The molecule has 2 aliphatic rings. The van der Waals surface area contributed by atoms with Gasteiger partial charge in [0, 0.05) is 18.4 Å². The van der Waals surface area contributed by atoms with E-state index in [9.17, 15) is 4.79 Å². The fraction of sp³-hybridized carbons (Fsp3) is 0.714. The van der Waals surface area contributed by atoms with Crippen molar-refractivity contribution in [3.05, 3.63) is 30.1 Å². The van der Waals surface area contributed by atoms with Gasteiger partial charge in [-0.05, 0) is 76.0 Å². The average molecular weight is 344 g/mol. The molecule has 1 aliphatic carbocycles. The van der Waals surface area contributed by atoms with E-state index in [1.165, 1.54) is 24.8 Å². The molecule has 4 heteroatoms. The quantitative estimate of drug-likeness (QED) is 0.757. The summed E-state index contributed by atoms with van der Waals surface area (Å²) in [5, 5.41) is 0. The minimum absolute atomic E-state index is 0.0621. The van der Waals surface area contributed by atoms with Crippen LogP contribution in [0, 0.1) is 11.8 Å². The van der Waals surface area contributed by atoms with Gasteiger partial charge < -0.3 is 4.74 Å². The first-order chi connectivity index (χ1) is 11.8. The molecule has 0 N–H and O–H groups in total. The van der Waals surface area contributed by atoms with Gasteiger partial charge in [0.25, 0.3) is 0 Å². The molecule has 0 unspecified atom stereocenters. The second kappa shape index (κ2) is 7.06. The zero-order chi connectivity index (χ0) is 18.2. The minimum Gasteiger partial charge on any atom is -0.459 e. The maximum Gasteiger partial charge on any atom is 0.324 e. The number of hydrogen-bond acceptors (Lipinski definition) is 4. The number of carbonyl (C=O) groups is 1. The van der Waals surface area contributed by atoms with Crippen molar-refractivity contribution in [3.63, 3.8) is 0 Å². The van der Waals surface area contributed by atoms with Crippen molar-refractivity contribution in [1.29, 1.82) is 0 Å². The van der Waals surface area contributed by atoms with E-state index in [4.69, 9.17) is 4.74 Å². The van der Waals surface area contributed by atoms with E-state index >= 15 is 0 Å². The van der Waals surface area contributed by atoms with Crippen LogP contribution in [-0.4, -0.2) is 40.1 Å². The van der Waals surface area contributed by atoms with Crippen LogP contribution in [0.1, 0.15) is 65.4 Å². The maximum atomic E-state index is 12.9. The first kappa shape index (κ1) is 18.4. The first-order valence-electron chi connectivity index (χ1n) is 9.66. The van der Waals surface area contributed by atoms with Gasteiger partial charge in [0.1, 0.15) is 11.6 Å². The lowest BCUT2D eigenvalue weighted by atomic mass is 9.98. The van der Waals surface area contributed by atoms with Crippen molar-refractivity contribution in [2.45, 2.75) is 77.5 Å². The molecule has 2 fully saturated rings. The molecule has 25 heavy (non-hydrogen) atoms. The van der Waals surface area contributed by atoms with Crippen LogP contribution in [0.15, 0.2) is 24.5 Å². The van der Waals surface area contributed by atoms with Gasteiger partial charge in [-0.25, -0.2) is 0 Å². The SMILES string of the molecule is CC(C)[C@@H](C(=O)OC(C)(C)C)N1CCC[C@H]1[C@@H]1C[C@H]1c1cccnc1. The van der Waals surface area contributed by atoms with Crippen LogP contribution in [0.5, 0.6) is 0 Å². The molecule has 4 nitrogen and oxygen atoms in total. The number of esters is 1. The number of nitrogens with zero attached hydrogens (tertiary/aromatic N) is 2. The van der Waals surface area contributed by atoms with Gasteiger partial charge in [0.2, 0.25) is 0 Å². The number of hydrogen-bond donors (Lipinski definition) is 0. The van der Waals surface area contributed by atoms with Crippen molar-refractivity contribution in [1.82, 2.24) is 9.88 Å². The van der Waals surface area contributed by atoms with Crippen LogP contribution in [0.25, 0.3) is 0 Å². The summed E-state index contributed by atoms with van der Waals surface area (Å²) in [7, 11) is 0. The average Bonchev–Trinajstić information content (AvgIpc) is 3.18. The Morgan fingerprint density at radius 1 is 1.36 bits per heavy atom. The van der Waals surface area contributed by atoms with E-state index in [-0.39, 0.29) is 17.9 Å². The van der Waals surface area contributed by atoms with E-state index < -0.39 is 5.60 Å². The zero-order valence-electron chi connectivity index (χ0n) is 16.2. The van der Waals surface area contributed by atoms with E-state index in [0.29, 0.717) is 17.9 Å². The van der Waals surface area contributed by atoms with E-state index in [2.05, 4.69) is 29.8 Å². The predicted octanol–water partition coefficient (Wildman–Crippen LogP) is 4.02. The maximum absolute atomic E-state index is 12.9. The van der Waals surface area contributed by atoms with Crippen LogP contribution in [-0.2, 0) is 9.53 Å². The van der Waals surface area contributed by atoms with E-state index in [1.807, 2.05) is 39.2 Å². The Bertz CT molecular complexity index is 594. The van der Waals surface area contributed by atoms with Crippen LogP contribution in [0.2, 0.25) is 0 Å². The second-order valence-corrected chi connectivity index (χ2v) is 8.96. The highest BCUT2D eigenvalue weighted by molar-refractivity contribution is 5.76. The molecule has 4 atom stereocenters. The van der Waals surface area contributed by atoms with Gasteiger partial charge in [-0.15, -0.1) is 0 Å².